The van der Waals surface area contributed by atoms with Gasteiger partial charge in [-0.3, -0.25) is 0 Å². The highest BCUT2D eigenvalue weighted by Gasteiger charge is 2.24. The van der Waals surface area contributed by atoms with Crippen molar-refractivity contribution < 1.29 is 9.47 Å². The summed E-state index contributed by atoms with van der Waals surface area (Å²) >= 11 is 1.66. The molecule has 2 aromatic heterocycles. The van der Waals surface area contributed by atoms with Gasteiger partial charge in [0.25, 0.3) is 0 Å². The molecule has 0 N–H and O–H groups in total. The number of ether oxygens (including phenoxy) is 2. The van der Waals surface area contributed by atoms with Crippen LogP contribution in [0.5, 0.6) is 11.5 Å². The number of thiophene rings is 1. The summed E-state index contributed by atoms with van der Waals surface area (Å²) in [6.07, 6.45) is 5.87. The third-order valence-electron chi connectivity index (χ3n) is 4.64. The Balaban J connectivity index is 1.65. The molecular formula is C18H14N4O2S. The Morgan fingerprint density at radius 2 is 2.04 bits per heavy atom. The topological polar surface area (TPSA) is 73.0 Å². The summed E-state index contributed by atoms with van der Waals surface area (Å²) in [5, 5.41) is 15.0. The highest BCUT2D eigenvalue weighted by Crippen LogP contribution is 2.39. The smallest absolute Gasteiger partial charge is 0.231 e. The second kappa shape index (κ2) is 5.60. The molecule has 0 atom stereocenters. The lowest BCUT2D eigenvalue weighted by Crippen LogP contribution is -2.02. The lowest BCUT2D eigenvalue weighted by Gasteiger charge is -2.09. The van der Waals surface area contributed by atoms with Crippen LogP contribution in [0, 0.1) is 11.3 Å². The zero-order chi connectivity index (χ0) is 16.8. The third-order valence-corrected chi connectivity index (χ3v) is 5.90. The van der Waals surface area contributed by atoms with Crippen molar-refractivity contribution >= 4 is 11.3 Å². The Kier molecular flexibility index (Phi) is 3.25. The zero-order valence-corrected chi connectivity index (χ0v) is 14.2. The van der Waals surface area contributed by atoms with Crippen molar-refractivity contribution in [3.05, 3.63) is 40.5 Å². The maximum atomic E-state index is 9.71. The molecule has 2 aliphatic rings. The summed E-state index contributed by atoms with van der Waals surface area (Å²) in [6, 6.07) is 8.11. The van der Waals surface area contributed by atoms with E-state index in [1.165, 1.54) is 23.2 Å². The summed E-state index contributed by atoms with van der Waals surface area (Å²) < 4.78 is 12.6. The molecule has 0 spiro atoms. The third kappa shape index (κ3) is 2.22. The minimum atomic E-state index is 0.238. The van der Waals surface area contributed by atoms with E-state index in [-0.39, 0.29) is 6.79 Å². The van der Waals surface area contributed by atoms with E-state index in [0.717, 1.165) is 41.1 Å². The van der Waals surface area contributed by atoms with Crippen molar-refractivity contribution in [2.24, 2.45) is 0 Å². The number of hydrogen-bond acceptors (Lipinski definition) is 6. The fourth-order valence-electron chi connectivity index (χ4n) is 3.44. The molecular weight excluding hydrogens is 336 g/mol. The average molecular weight is 350 g/mol. The first-order valence-electron chi connectivity index (χ1n) is 8.20. The van der Waals surface area contributed by atoms with Gasteiger partial charge in [-0.25, -0.2) is 9.67 Å². The van der Waals surface area contributed by atoms with Gasteiger partial charge in [-0.05, 0) is 49.4 Å². The van der Waals surface area contributed by atoms with E-state index in [0.29, 0.717) is 11.6 Å². The Bertz CT molecular complexity index is 1010. The molecule has 5 rings (SSSR count). The van der Waals surface area contributed by atoms with Crippen molar-refractivity contribution in [3.63, 3.8) is 0 Å². The molecule has 0 saturated carbocycles. The predicted octanol–water partition coefficient (Wildman–Crippen LogP) is 3.47. The Hall–Kier alpha value is -2.85. The Morgan fingerprint density at radius 1 is 1.16 bits per heavy atom. The van der Waals surface area contributed by atoms with Gasteiger partial charge < -0.3 is 9.47 Å². The van der Waals surface area contributed by atoms with E-state index in [4.69, 9.17) is 9.47 Å². The number of aromatic nitrogens is 3. The second-order valence-corrected chi connectivity index (χ2v) is 7.15. The minimum Gasteiger partial charge on any atom is -0.454 e. The highest BCUT2D eigenvalue weighted by atomic mass is 32.1. The van der Waals surface area contributed by atoms with Crippen molar-refractivity contribution in [1.82, 2.24) is 14.8 Å². The summed E-state index contributed by atoms with van der Waals surface area (Å²) in [5.41, 5.74) is 2.82. The molecule has 124 valence electrons. The quantitative estimate of drug-likeness (QED) is 0.707. The van der Waals surface area contributed by atoms with Gasteiger partial charge in [0.1, 0.15) is 17.4 Å². The number of rotatable bonds is 2. The molecule has 7 heteroatoms. The number of nitriles is 1. The second-order valence-electron chi connectivity index (χ2n) is 6.07. The van der Waals surface area contributed by atoms with E-state index in [2.05, 4.69) is 16.2 Å². The van der Waals surface area contributed by atoms with Gasteiger partial charge in [0.2, 0.25) is 6.79 Å². The SMILES string of the molecule is N#Cc1c(-n2ncnc2-c2ccc3c(c2)OCO3)sc2c1CCCC2. The summed E-state index contributed by atoms with van der Waals surface area (Å²) in [6.45, 7) is 0.238. The van der Waals surface area contributed by atoms with Gasteiger partial charge in [0.05, 0.1) is 5.56 Å². The first kappa shape index (κ1) is 14.5. The van der Waals surface area contributed by atoms with Crippen LogP contribution < -0.4 is 9.47 Å². The van der Waals surface area contributed by atoms with Gasteiger partial charge >= 0.3 is 0 Å². The van der Waals surface area contributed by atoms with Crippen LogP contribution in [0.4, 0.5) is 0 Å². The van der Waals surface area contributed by atoms with Crippen LogP contribution in [0.25, 0.3) is 16.4 Å². The van der Waals surface area contributed by atoms with Gasteiger partial charge in [-0.15, -0.1) is 11.3 Å². The first-order valence-corrected chi connectivity index (χ1v) is 9.02. The van der Waals surface area contributed by atoms with Gasteiger partial charge in [0, 0.05) is 10.4 Å². The molecule has 0 radical (unpaired) electrons. The van der Waals surface area contributed by atoms with Crippen LogP contribution in [0.15, 0.2) is 24.5 Å². The van der Waals surface area contributed by atoms with E-state index in [9.17, 15) is 5.26 Å². The van der Waals surface area contributed by atoms with E-state index >= 15 is 0 Å². The monoisotopic (exact) mass is 350 g/mol. The number of nitrogens with zero attached hydrogens (tertiary/aromatic N) is 4. The molecule has 1 aliphatic heterocycles. The van der Waals surface area contributed by atoms with Crippen molar-refractivity contribution in [3.8, 4) is 34.0 Å². The standard InChI is InChI=1S/C18H14N4O2S/c19-8-13-12-3-1-2-4-16(12)25-18(13)22-17(20-9-21-22)11-5-6-14-15(7-11)24-10-23-14/h5-7,9H,1-4,10H2. The van der Waals surface area contributed by atoms with Crippen molar-refractivity contribution in [1.29, 1.82) is 5.26 Å². The highest BCUT2D eigenvalue weighted by molar-refractivity contribution is 7.15. The molecule has 0 saturated heterocycles. The molecule has 0 fully saturated rings. The average Bonchev–Trinajstić information content (AvgIpc) is 3.37. The fourth-order valence-corrected chi connectivity index (χ4v) is 4.74. The van der Waals surface area contributed by atoms with Crippen LogP contribution in [-0.4, -0.2) is 21.6 Å². The molecule has 1 aliphatic carbocycles. The summed E-state index contributed by atoms with van der Waals surface area (Å²) in [4.78, 5) is 5.73. The number of hydrogen-bond donors (Lipinski definition) is 0. The Morgan fingerprint density at radius 3 is 2.96 bits per heavy atom. The molecule has 0 bridgehead atoms. The number of benzene rings is 1. The van der Waals surface area contributed by atoms with Crippen LogP contribution in [-0.2, 0) is 12.8 Å². The lowest BCUT2D eigenvalue weighted by molar-refractivity contribution is 0.174. The van der Waals surface area contributed by atoms with Crippen LogP contribution in [0.3, 0.4) is 0 Å². The van der Waals surface area contributed by atoms with Crippen LogP contribution in [0.1, 0.15) is 28.8 Å². The largest absolute Gasteiger partial charge is 0.454 e. The predicted molar refractivity (Wildman–Crippen MR) is 92.2 cm³/mol. The molecule has 25 heavy (non-hydrogen) atoms. The van der Waals surface area contributed by atoms with Crippen molar-refractivity contribution in [2.75, 3.05) is 6.79 Å². The van der Waals surface area contributed by atoms with Gasteiger partial charge in [-0.1, -0.05) is 0 Å². The van der Waals surface area contributed by atoms with Crippen LogP contribution in [0.2, 0.25) is 0 Å². The van der Waals surface area contributed by atoms with Crippen molar-refractivity contribution in [2.45, 2.75) is 25.7 Å². The molecule has 3 heterocycles. The molecule has 1 aromatic carbocycles. The van der Waals surface area contributed by atoms with E-state index in [1.54, 1.807) is 16.0 Å². The Labute approximate surface area is 148 Å². The normalized spacial score (nSPS) is 15.0. The minimum absolute atomic E-state index is 0.238. The van der Waals surface area contributed by atoms with E-state index < -0.39 is 0 Å². The zero-order valence-electron chi connectivity index (χ0n) is 13.4. The van der Waals surface area contributed by atoms with E-state index in [1.807, 2.05) is 18.2 Å². The van der Waals surface area contributed by atoms with Crippen LogP contribution >= 0.6 is 11.3 Å². The molecule has 0 unspecified atom stereocenters. The maximum Gasteiger partial charge on any atom is 0.231 e. The summed E-state index contributed by atoms with van der Waals surface area (Å²) in [7, 11) is 0. The molecule has 6 nitrogen and oxygen atoms in total. The van der Waals surface area contributed by atoms with Gasteiger partial charge in [-0.2, -0.15) is 10.4 Å². The number of fused-ring (bicyclic) bond motifs is 2. The first-order chi connectivity index (χ1) is 12.3. The summed E-state index contributed by atoms with van der Waals surface area (Å²) in [5.74, 6) is 2.14. The van der Waals surface area contributed by atoms with Gasteiger partial charge in [0.15, 0.2) is 17.3 Å². The number of aryl methyl sites for hydroxylation is 1. The lowest BCUT2D eigenvalue weighted by atomic mass is 9.96. The fraction of sp³-hybridized carbons (Fsp3) is 0.278. The molecule has 0 amide bonds. The maximum absolute atomic E-state index is 9.71. The molecule has 3 aromatic rings.